The van der Waals surface area contributed by atoms with Crippen molar-refractivity contribution in [3.63, 3.8) is 0 Å². The van der Waals surface area contributed by atoms with Crippen molar-refractivity contribution >= 4 is 0 Å². The third-order valence-corrected chi connectivity index (χ3v) is 3.43. The SMILES string of the molecule is CCC(C)N(CC)CCOc1ccc(CN)cc1. The van der Waals surface area contributed by atoms with Crippen LogP contribution < -0.4 is 10.5 Å². The van der Waals surface area contributed by atoms with Crippen LogP contribution in [0.3, 0.4) is 0 Å². The molecule has 1 rings (SSSR count). The largest absolute Gasteiger partial charge is 0.492 e. The van der Waals surface area contributed by atoms with Crippen molar-refractivity contribution in [2.45, 2.75) is 39.8 Å². The van der Waals surface area contributed by atoms with Gasteiger partial charge in [0.15, 0.2) is 0 Å². The summed E-state index contributed by atoms with van der Waals surface area (Å²) >= 11 is 0. The molecule has 0 aliphatic carbocycles. The normalized spacial score (nSPS) is 12.7. The minimum absolute atomic E-state index is 0.581. The number of hydrogen-bond donors (Lipinski definition) is 1. The fraction of sp³-hybridized carbons (Fsp3) is 0.600. The molecule has 1 aromatic rings. The number of nitrogens with zero attached hydrogens (tertiary/aromatic N) is 1. The van der Waals surface area contributed by atoms with E-state index in [1.165, 1.54) is 6.42 Å². The molecule has 102 valence electrons. The predicted octanol–water partition coefficient (Wildman–Crippen LogP) is 2.64. The fourth-order valence-corrected chi connectivity index (χ4v) is 1.95. The molecule has 3 heteroatoms. The van der Waals surface area contributed by atoms with Crippen molar-refractivity contribution in [1.29, 1.82) is 0 Å². The number of hydrogen-bond acceptors (Lipinski definition) is 3. The number of likely N-dealkylation sites (N-methyl/N-ethyl adjacent to an activating group) is 1. The maximum Gasteiger partial charge on any atom is 0.119 e. The molecule has 0 heterocycles. The molecule has 0 saturated heterocycles. The molecule has 0 fully saturated rings. The summed E-state index contributed by atoms with van der Waals surface area (Å²) in [5.74, 6) is 0.924. The molecule has 3 nitrogen and oxygen atoms in total. The highest BCUT2D eigenvalue weighted by Gasteiger charge is 2.09. The molecule has 0 bridgehead atoms. The summed E-state index contributed by atoms with van der Waals surface area (Å²) in [7, 11) is 0. The zero-order valence-corrected chi connectivity index (χ0v) is 11.9. The maximum atomic E-state index is 5.75. The first kappa shape index (κ1) is 15.0. The van der Waals surface area contributed by atoms with E-state index in [0.29, 0.717) is 12.6 Å². The zero-order valence-electron chi connectivity index (χ0n) is 11.9. The van der Waals surface area contributed by atoms with Crippen molar-refractivity contribution in [3.8, 4) is 5.75 Å². The number of rotatable bonds is 8. The summed E-state index contributed by atoms with van der Waals surface area (Å²) in [6.07, 6.45) is 1.18. The number of ether oxygens (including phenoxy) is 1. The van der Waals surface area contributed by atoms with Gasteiger partial charge in [0.1, 0.15) is 12.4 Å². The Labute approximate surface area is 111 Å². The van der Waals surface area contributed by atoms with E-state index >= 15 is 0 Å². The lowest BCUT2D eigenvalue weighted by Crippen LogP contribution is -2.35. The highest BCUT2D eigenvalue weighted by molar-refractivity contribution is 5.27. The highest BCUT2D eigenvalue weighted by atomic mass is 16.5. The van der Waals surface area contributed by atoms with Gasteiger partial charge in [0.25, 0.3) is 0 Å². The summed E-state index contributed by atoms with van der Waals surface area (Å²) in [5.41, 5.74) is 6.70. The maximum absolute atomic E-state index is 5.75. The van der Waals surface area contributed by atoms with Gasteiger partial charge in [-0.3, -0.25) is 4.90 Å². The lowest BCUT2D eigenvalue weighted by atomic mass is 10.2. The first-order valence-electron chi connectivity index (χ1n) is 6.87. The monoisotopic (exact) mass is 250 g/mol. The van der Waals surface area contributed by atoms with E-state index in [-0.39, 0.29) is 0 Å². The van der Waals surface area contributed by atoms with E-state index in [9.17, 15) is 0 Å². The van der Waals surface area contributed by atoms with Crippen LogP contribution in [0.15, 0.2) is 24.3 Å². The summed E-state index contributed by atoms with van der Waals surface area (Å²) in [6.45, 7) is 10.0. The van der Waals surface area contributed by atoms with E-state index in [1.54, 1.807) is 0 Å². The van der Waals surface area contributed by atoms with Gasteiger partial charge in [-0.1, -0.05) is 26.0 Å². The van der Waals surface area contributed by atoms with Gasteiger partial charge in [-0.2, -0.15) is 0 Å². The third-order valence-electron chi connectivity index (χ3n) is 3.43. The van der Waals surface area contributed by atoms with Crippen LogP contribution in [0.1, 0.15) is 32.8 Å². The zero-order chi connectivity index (χ0) is 13.4. The van der Waals surface area contributed by atoms with Crippen LogP contribution in [0.2, 0.25) is 0 Å². The average Bonchev–Trinajstić information content (AvgIpc) is 2.43. The van der Waals surface area contributed by atoms with Gasteiger partial charge in [0.2, 0.25) is 0 Å². The lowest BCUT2D eigenvalue weighted by molar-refractivity contribution is 0.171. The second-order valence-electron chi connectivity index (χ2n) is 4.58. The minimum atomic E-state index is 0.581. The Morgan fingerprint density at radius 3 is 2.39 bits per heavy atom. The van der Waals surface area contributed by atoms with Gasteiger partial charge in [-0.25, -0.2) is 0 Å². The quantitative estimate of drug-likeness (QED) is 0.771. The van der Waals surface area contributed by atoms with Crippen LogP contribution >= 0.6 is 0 Å². The second kappa shape index (κ2) is 8.11. The summed E-state index contributed by atoms with van der Waals surface area (Å²) in [4.78, 5) is 2.44. The Bertz CT molecular complexity index is 324. The van der Waals surface area contributed by atoms with Crippen molar-refractivity contribution < 1.29 is 4.74 Å². The standard InChI is InChI=1S/C15H26N2O/c1-4-13(3)17(5-2)10-11-18-15-8-6-14(12-16)7-9-15/h6-9,13H,4-5,10-12,16H2,1-3H3. The average molecular weight is 250 g/mol. The Kier molecular flexibility index (Phi) is 6.76. The minimum Gasteiger partial charge on any atom is -0.492 e. The molecule has 1 unspecified atom stereocenters. The van der Waals surface area contributed by atoms with Crippen LogP contribution in [-0.2, 0) is 6.54 Å². The molecule has 0 spiro atoms. The molecule has 0 aliphatic heterocycles. The molecule has 0 saturated carbocycles. The second-order valence-corrected chi connectivity index (χ2v) is 4.58. The van der Waals surface area contributed by atoms with Gasteiger partial charge in [-0.05, 0) is 37.6 Å². The molecule has 0 aliphatic rings. The Morgan fingerprint density at radius 1 is 1.22 bits per heavy atom. The van der Waals surface area contributed by atoms with Crippen LogP contribution in [0.25, 0.3) is 0 Å². The summed E-state index contributed by atoms with van der Waals surface area (Å²) in [5, 5.41) is 0. The van der Waals surface area contributed by atoms with Crippen molar-refractivity contribution in [2.75, 3.05) is 19.7 Å². The summed E-state index contributed by atoms with van der Waals surface area (Å²) < 4.78 is 5.75. The van der Waals surface area contributed by atoms with Crippen LogP contribution in [0, 0.1) is 0 Å². The van der Waals surface area contributed by atoms with E-state index in [4.69, 9.17) is 10.5 Å². The third kappa shape index (κ3) is 4.67. The van der Waals surface area contributed by atoms with Crippen molar-refractivity contribution in [2.24, 2.45) is 5.73 Å². The number of benzene rings is 1. The van der Waals surface area contributed by atoms with E-state index in [2.05, 4.69) is 25.7 Å². The Balaban J connectivity index is 2.35. The molecule has 18 heavy (non-hydrogen) atoms. The van der Waals surface area contributed by atoms with Gasteiger partial charge in [0, 0.05) is 19.1 Å². The molecule has 0 amide bonds. The topological polar surface area (TPSA) is 38.5 Å². The molecule has 2 N–H and O–H groups in total. The van der Waals surface area contributed by atoms with Gasteiger partial charge >= 0.3 is 0 Å². The van der Waals surface area contributed by atoms with Gasteiger partial charge in [0.05, 0.1) is 0 Å². The van der Waals surface area contributed by atoms with Crippen molar-refractivity contribution in [1.82, 2.24) is 4.90 Å². The van der Waals surface area contributed by atoms with Gasteiger partial charge in [-0.15, -0.1) is 0 Å². The smallest absolute Gasteiger partial charge is 0.119 e. The Morgan fingerprint density at radius 2 is 1.89 bits per heavy atom. The van der Waals surface area contributed by atoms with E-state index in [1.807, 2.05) is 24.3 Å². The first-order chi connectivity index (χ1) is 8.71. The molecule has 1 aromatic carbocycles. The molecule has 0 aromatic heterocycles. The Hall–Kier alpha value is -1.06. The van der Waals surface area contributed by atoms with E-state index < -0.39 is 0 Å². The highest BCUT2D eigenvalue weighted by Crippen LogP contribution is 2.12. The van der Waals surface area contributed by atoms with Crippen LogP contribution in [-0.4, -0.2) is 30.6 Å². The predicted molar refractivity (Wildman–Crippen MR) is 76.8 cm³/mol. The van der Waals surface area contributed by atoms with Crippen LogP contribution in [0.4, 0.5) is 0 Å². The molecule has 0 radical (unpaired) electrons. The number of nitrogens with two attached hydrogens (primary N) is 1. The summed E-state index contributed by atoms with van der Waals surface area (Å²) in [6, 6.07) is 8.63. The van der Waals surface area contributed by atoms with Gasteiger partial charge < -0.3 is 10.5 Å². The molecular formula is C15H26N2O. The fourth-order valence-electron chi connectivity index (χ4n) is 1.95. The van der Waals surface area contributed by atoms with E-state index in [0.717, 1.165) is 31.0 Å². The molecular weight excluding hydrogens is 224 g/mol. The van der Waals surface area contributed by atoms with Crippen LogP contribution in [0.5, 0.6) is 5.75 Å². The first-order valence-corrected chi connectivity index (χ1v) is 6.87. The van der Waals surface area contributed by atoms with Crippen molar-refractivity contribution in [3.05, 3.63) is 29.8 Å². The molecule has 1 atom stereocenters. The lowest BCUT2D eigenvalue weighted by Gasteiger charge is -2.26.